The number of rotatable bonds is 0. The maximum atomic E-state index is 2.38. The van der Waals surface area contributed by atoms with Crippen LogP contribution in [0.5, 0.6) is 0 Å². The van der Waals surface area contributed by atoms with Crippen molar-refractivity contribution < 1.29 is 0 Å². The molecule has 0 fully saturated rings. The van der Waals surface area contributed by atoms with E-state index in [0.717, 1.165) is 0 Å². The van der Waals surface area contributed by atoms with Crippen molar-refractivity contribution in [1.82, 2.24) is 0 Å². The summed E-state index contributed by atoms with van der Waals surface area (Å²) in [5.74, 6) is 0. The van der Waals surface area contributed by atoms with E-state index in [2.05, 4.69) is 170 Å². The lowest BCUT2D eigenvalue weighted by Crippen LogP contribution is -1.84. The smallest absolute Gasteiger partial charge is 0.0171 e. The van der Waals surface area contributed by atoms with Crippen molar-refractivity contribution in [2.75, 3.05) is 0 Å². The summed E-state index contributed by atoms with van der Waals surface area (Å²) in [5.41, 5.74) is 0. The molecular weight excluding hydrogens is 601 g/mol. The van der Waals surface area contributed by atoms with Crippen LogP contribution in [0.4, 0.5) is 0 Å². The normalized spacial score (nSPS) is 12.4. The fourth-order valence-electron chi connectivity index (χ4n) is 8.65. The molecule has 0 bridgehead atoms. The van der Waals surface area contributed by atoms with Gasteiger partial charge in [-0.2, -0.15) is 0 Å². The summed E-state index contributed by atoms with van der Waals surface area (Å²) >= 11 is 0. The first-order valence-electron chi connectivity index (χ1n) is 17.5. The van der Waals surface area contributed by atoms with Crippen LogP contribution in [0.25, 0.3) is 118 Å². The van der Waals surface area contributed by atoms with Gasteiger partial charge < -0.3 is 0 Å². The Morgan fingerprint density at radius 3 is 0.340 bits per heavy atom. The van der Waals surface area contributed by atoms with E-state index in [1.165, 1.54) is 118 Å². The summed E-state index contributed by atoms with van der Waals surface area (Å²) in [7, 11) is 0. The van der Waals surface area contributed by atoms with Crippen LogP contribution in [-0.4, -0.2) is 0 Å². The Kier molecular flexibility index (Phi) is 5.06. The van der Waals surface area contributed by atoms with E-state index in [1.807, 2.05) is 0 Å². The minimum absolute atomic E-state index is 1.28. The van der Waals surface area contributed by atoms with Crippen molar-refractivity contribution in [3.8, 4) is 0 Å². The Hall–Kier alpha value is -6.50. The van der Waals surface area contributed by atoms with Crippen LogP contribution in [0.3, 0.4) is 0 Å². The Balaban J connectivity index is 1.02. The topological polar surface area (TPSA) is 0 Å². The van der Waals surface area contributed by atoms with E-state index in [0.29, 0.717) is 0 Å². The molecule has 0 saturated heterocycles. The van der Waals surface area contributed by atoms with Crippen molar-refractivity contribution in [2.45, 2.75) is 0 Å². The van der Waals surface area contributed by atoms with Gasteiger partial charge in [-0.3, -0.25) is 0 Å². The van der Waals surface area contributed by atoms with Crippen LogP contribution in [0.1, 0.15) is 0 Å². The highest BCUT2D eigenvalue weighted by Crippen LogP contribution is 2.36. The zero-order valence-electron chi connectivity index (χ0n) is 27.2. The molecule has 12 aromatic carbocycles. The molecule has 0 aliphatic rings. The standard InChI is InChI=1S/C50H28/c1-2-6-30-10-34-14-38-18-42-22-46-26-50-28-48-24-44-20-40-16-36-12-32-8-4-3-7-31(32)11-35(36)15-39(40)19-43(44)23-47(48)27-49(50)25-45(46)21-41(42)17-37(38)13-33(34)9-29(30)5-1/h1-28H. The number of hydrogen-bond acceptors (Lipinski definition) is 0. The summed E-state index contributed by atoms with van der Waals surface area (Å²) in [4.78, 5) is 0. The lowest BCUT2D eigenvalue weighted by Gasteiger charge is -2.11. The van der Waals surface area contributed by atoms with Crippen molar-refractivity contribution in [2.24, 2.45) is 0 Å². The van der Waals surface area contributed by atoms with E-state index in [9.17, 15) is 0 Å². The van der Waals surface area contributed by atoms with Crippen LogP contribution in [0.15, 0.2) is 170 Å². The van der Waals surface area contributed by atoms with Gasteiger partial charge in [-0.25, -0.2) is 0 Å². The molecule has 0 radical (unpaired) electrons. The van der Waals surface area contributed by atoms with Gasteiger partial charge in [0.05, 0.1) is 0 Å². The summed E-state index contributed by atoms with van der Waals surface area (Å²) < 4.78 is 0. The maximum absolute atomic E-state index is 2.38. The summed E-state index contributed by atoms with van der Waals surface area (Å²) in [6.45, 7) is 0. The highest BCUT2D eigenvalue weighted by atomic mass is 14.1. The van der Waals surface area contributed by atoms with Crippen molar-refractivity contribution >= 4 is 118 Å². The van der Waals surface area contributed by atoms with E-state index in [4.69, 9.17) is 0 Å². The van der Waals surface area contributed by atoms with Crippen LogP contribution in [0.2, 0.25) is 0 Å². The monoisotopic (exact) mass is 628 g/mol. The van der Waals surface area contributed by atoms with Crippen LogP contribution < -0.4 is 0 Å². The third-order valence-corrected chi connectivity index (χ3v) is 11.2. The Morgan fingerprint density at radius 1 is 0.120 bits per heavy atom. The van der Waals surface area contributed by atoms with Crippen molar-refractivity contribution in [1.29, 1.82) is 0 Å². The zero-order chi connectivity index (χ0) is 32.5. The number of hydrogen-bond donors (Lipinski definition) is 0. The van der Waals surface area contributed by atoms with E-state index >= 15 is 0 Å². The number of fused-ring (bicyclic) bond motifs is 11. The molecule has 0 heterocycles. The predicted molar refractivity (Wildman–Crippen MR) is 219 cm³/mol. The molecule has 0 amide bonds. The van der Waals surface area contributed by atoms with Gasteiger partial charge in [0.15, 0.2) is 0 Å². The molecule has 0 aliphatic carbocycles. The molecule has 12 aromatic rings. The molecule has 0 N–H and O–H groups in total. The van der Waals surface area contributed by atoms with Gasteiger partial charge in [0.1, 0.15) is 0 Å². The summed E-state index contributed by atoms with van der Waals surface area (Å²) in [6, 6.07) is 64.4. The van der Waals surface area contributed by atoms with Gasteiger partial charge in [-0.15, -0.1) is 0 Å². The Labute approximate surface area is 287 Å². The molecule has 0 nitrogen and oxygen atoms in total. The molecule has 50 heavy (non-hydrogen) atoms. The number of benzene rings is 12. The van der Waals surface area contributed by atoms with Crippen molar-refractivity contribution in [3.05, 3.63) is 170 Å². The Bertz CT molecular complexity index is 3020. The SMILES string of the molecule is c1ccc2cc3cc4cc5cc6cc7cc8cc9cc%10cc%11cc%12ccccc%12cc%11cc%10cc9cc8cc7cc6cc5cc4cc3cc2c1. The molecule has 0 heteroatoms. The molecule has 0 spiro atoms. The lowest BCUT2D eigenvalue weighted by molar-refractivity contribution is 1.79. The second-order valence-electron chi connectivity index (χ2n) is 14.3. The first-order chi connectivity index (χ1) is 24.6. The summed E-state index contributed by atoms with van der Waals surface area (Å²) in [5, 5.41) is 28.2. The molecule has 12 rings (SSSR count). The predicted octanol–water partition coefficient (Wildman–Crippen LogP) is 14.4. The first-order valence-corrected chi connectivity index (χ1v) is 17.5. The highest BCUT2D eigenvalue weighted by Gasteiger charge is 2.09. The Morgan fingerprint density at radius 2 is 0.220 bits per heavy atom. The van der Waals surface area contributed by atoms with E-state index in [1.54, 1.807) is 0 Å². The summed E-state index contributed by atoms with van der Waals surface area (Å²) in [6.07, 6.45) is 0. The van der Waals surface area contributed by atoms with E-state index < -0.39 is 0 Å². The molecule has 0 atom stereocenters. The minimum Gasteiger partial charge on any atom is -0.0616 e. The van der Waals surface area contributed by atoms with Gasteiger partial charge >= 0.3 is 0 Å². The first kappa shape index (κ1) is 26.5. The van der Waals surface area contributed by atoms with Gasteiger partial charge in [-0.1, -0.05) is 48.5 Å². The molecular formula is C50H28. The van der Waals surface area contributed by atoms with Gasteiger partial charge in [0.25, 0.3) is 0 Å². The second-order valence-corrected chi connectivity index (χ2v) is 14.3. The molecule has 0 aromatic heterocycles. The molecule has 228 valence electrons. The largest absolute Gasteiger partial charge is 0.0616 e. The average Bonchev–Trinajstić information content (AvgIpc) is 3.13. The third kappa shape index (κ3) is 3.94. The van der Waals surface area contributed by atoms with Gasteiger partial charge in [-0.05, 0) is 240 Å². The van der Waals surface area contributed by atoms with Crippen LogP contribution >= 0.6 is 0 Å². The molecule has 0 aliphatic heterocycles. The van der Waals surface area contributed by atoms with Crippen LogP contribution in [-0.2, 0) is 0 Å². The average molecular weight is 629 g/mol. The fourth-order valence-corrected chi connectivity index (χ4v) is 8.65. The molecule has 0 saturated carbocycles. The fraction of sp³-hybridized carbons (Fsp3) is 0. The van der Waals surface area contributed by atoms with Crippen LogP contribution in [0, 0.1) is 0 Å². The lowest BCUT2D eigenvalue weighted by atomic mass is 9.93. The van der Waals surface area contributed by atoms with Gasteiger partial charge in [0.2, 0.25) is 0 Å². The highest BCUT2D eigenvalue weighted by molar-refractivity contribution is 6.15. The quantitative estimate of drug-likeness (QED) is 0.147. The second kappa shape index (κ2) is 9.56. The third-order valence-electron chi connectivity index (χ3n) is 11.2. The minimum atomic E-state index is 1.28. The van der Waals surface area contributed by atoms with E-state index in [-0.39, 0.29) is 0 Å². The maximum Gasteiger partial charge on any atom is -0.0171 e. The van der Waals surface area contributed by atoms with Crippen molar-refractivity contribution in [3.63, 3.8) is 0 Å². The molecule has 0 unspecified atom stereocenters. The zero-order valence-corrected chi connectivity index (χ0v) is 27.2. The van der Waals surface area contributed by atoms with Gasteiger partial charge in [0, 0.05) is 0 Å².